The molecule has 6 unspecified atom stereocenters. The summed E-state index contributed by atoms with van der Waals surface area (Å²) >= 11 is 0. The van der Waals surface area contributed by atoms with E-state index in [0.717, 1.165) is 5.57 Å². The number of nitrogens with one attached hydrogen (secondary N) is 2. The molecule has 53 heavy (non-hydrogen) atoms. The van der Waals surface area contributed by atoms with E-state index in [1.807, 2.05) is 0 Å². The Labute approximate surface area is 314 Å². The summed E-state index contributed by atoms with van der Waals surface area (Å²) < 4.78 is 16.8. The number of ether oxygens (including phenoxy) is 3. The summed E-state index contributed by atoms with van der Waals surface area (Å²) in [5.41, 5.74) is 9.42. The van der Waals surface area contributed by atoms with E-state index in [0.29, 0.717) is 79.9 Å². The van der Waals surface area contributed by atoms with Crippen molar-refractivity contribution in [2.45, 2.75) is 145 Å². The summed E-state index contributed by atoms with van der Waals surface area (Å²) in [5.74, 6) is -4.67. The number of hydrogen-bond acceptors (Lipinski definition) is 10. The summed E-state index contributed by atoms with van der Waals surface area (Å²) in [5, 5.41) is 14.3. The molecule has 0 aromatic rings. The normalized spacial score (nSPS) is 23.6. The van der Waals surface area contributed by atoms with Gasteiger partial charge < -0.3 is 9.84 Å². The second kappa shape index (κ2) is 21.0. The quantitative estimate of drug-likeness (QED) is 0.0693. The largest absolute Gasteiger partial charge is 0.100 e. The fourth-order valence-corrected chi connectivity index (χ4v) is 6.33. The van der Waals surface area contributed by atoms with Crippen molar-refractivity contribution >= 4 is 69.4 Å². The van der Waals surface area contributed by atoms with Crippen LogP contribution in [0.5, 0.6) is 0 Å². The van der Waals surface area contributed by atoms with Gasteiger partial charge in [-0.05, 0) is 19.3 Å². The average molecular weight is 729 g/mol. The van der Waals surface area contributed by atoms with Crippen LogP contribution in [0.2, 0.25) is 5.82 Å². The zero-order valence-electron chi connectivity index (χ0n) is 30.4. The maximum Gasteiger partial charge on any atom is 0.00468 e. The molecule has 3 fully saturated rings. The van der Waals surface area contributed by atoms with Crippen LogP contribution in [0, 0.1) is 0 Å². The van der Waals surface area contributed by atoms with Crippen LogP contribution in [0.1, 0.15) is 103 Å². The second-order valence-corrected chi connectivity index (χ2v) is 14.2. The van der Waals surface area contributed by atoms with Gasteiger partial charge >= 0.3 is 225 Å². The molecular formula is C37H50B3N3O10. The Morgan fingerprint density at radius 3 is 1.66 bits per heavy atom. The Morgan fingerprint density at radius 2 is 1.17 bits per heavy atom. The molecule has 0 heterocycles. The number of aliphatic carboxylic acids is 1. The van der Waals surface area contributed by atoms with Gasteiger partial charge in [-0.1, -0.05) is 17.8 Å². The van der Waals surface area contributed by atoms with Gasteiger partial charge in [0, 0.05) is 12.8 Å². The molecule has 282 valence electrons. The van der Waals surface area contributed by atoms with Crippen LogP contribution < -0.4 is 16.4 Å². The van der Waals surface area contributed by atoms with E-state index in [-0.39, 0.29) is 50.8 Å². The average Bonchev–Trinajstić information content (AvgIpc) is 3.09. The van der Waals surface area contributed by atoms with Crippen LogP contribution in [0.3, 0.4) is 0 Å². The summed E-state index contributed by atoms with van der Waals surface area (Å²) in [6.45, 7) is 11.7. The number of rotatable bonds is 18. The van der Waals surface area contributed by atoms with Gasteiger partial charge in [-0.15, -0.1) is 6.58 Å². The first kappa shape index (κ1) is 43.3. The number of carboxylic acid groups (broad SMARTS) is 1. The molecule has 4 radical (unpaired) electrons. The van der Waals surface area contributed by atoms with Gasteiger partial charge in [0.25, 0.3) is 0 Å². The Bertz CT molecular complexity index is 1480. The third-order valence-corrected chi connectivity index (χ3v) is 9.76. The van der Waals surface area contributed by atoms with E-state index in [1.165, 1.54) is 0 Å². The SMILES string of the molecule is [B][C@H]1CCC(OC(=O)C(CCCC(=O)O)NC(=O)CCC(NC(=O)CCC(N)C(=O)OC2CCC(=[B])C(=C)C2)C(=O)OC2CCC(=[B])C(=C)C2)CC1=C. The van der Waals surface area contributed by atoms with Gasteiger partial charge in [0.15, 0.2) is 0 Å². The molecule has 0 spiro atoms. The number of amides is 2. The number of carbonyl (C=O) groups excluding carboxylic acids is 5. The molecule has 3 saturated carbocycles. The number of esters is 3. The molecule has 0 aliphatic heterocycles. The number of carbonyl (C=O) groups is 6. The third-order valence-electron chi connectivity index (χ3n) is 9.76. The van der Waals surface area contributed by atoms with Gasteiger partial charge in [0.1, 0.15) is 6.10 Å². The molecule has 5 N–H and O–H groups in total. The predicted octanol–water partition coefficient (Wildman–Crippen LogP) is 1.69. The van der Waals surface area contributed by atoms with Crippen molar-refractivity contribution in [2.75, 3.05) is 0 Å². The summed E-state index contributed by atoms with van der Waals surface area (Å²) in [7, 11) is 17.8. The zero-order valence-corrected chi connectivity index (χ0v) is 30.4. The molecular weight excluding hydrogens is 679 g/mol. The summed E-state index contributed by atoms with van der Waals surface area (Å²) in [6, 6.07) is -3.52. The second-order valence-electron chi connectivity index (χ2n) is 14.2. The molecule has 0 aromatic carbocycles. The van der Waals surface area contributed by atoms with Crippen LogP contribution in [0.25, 0.3) is 0 Å². The summed E-state index contributed by atoms with van der Waals surface area (Å²) in [6.07, 6.45) is 1.83. The van der Waals surface area contributed by atoms with E-state index in [4.69, 9.17) is 47.9 Å². The van der Waals surface area contributed by atoms with Crippen molar-refractivity contribution in [3.05, 3.63) is 36.5 Å². The van der Waals surface area contributed by atoms with Crippen LogP contribution in [0.15, 0.2) is 36.5 Å². The molecule has 2 amide bonds. The molecule has 7 atom stereocenters. The minimum Gasteiger partial charge on any atom is -0.100 e. The number of carboxylic acids is 1. The van der Waals surface area contributed by atoms with Gasteiger partial charge in [-0.2, -0.15) is 0 Å². The summed E-state index contributed by atoms with van der Waals surface area (Å²) in [4.78, 5) is 76.5. The zero-order chi connectivity index (χ0) is 39.2. The fraction of sp³-hybridized carbons (Fsp3) is 0.622. The fourth-order valence-electron chi connectivity index (χ4n) is 6.33. The van der Waals surface area contributed by atoms with Crippen molar-refractivity contribution in [1.29, 1.82) is 0 Å². The van der Waals surface area contributed by atoms with E-state index < -0.39 is 72.1 Å². The Hall–Kier alpha value is -4.07. The molecule has 0 saturated heterocycles. The standard InChI is InChI=1S/C37H50B3N3O10/c1-20-17-23(7-10-26(20)38)51-35(48)29(41)13-15-32(44)43-31(37(50)53-25-9-12-28(40)22(3)19-25)14-16-33(45)42-30(5-4-6-34(46)47)36(49)52-24-8-11-27(39)21(2)18-24/h23-25,27,29-31H,1-19,41H2,(H,42,45)(H,43,44)(H,46,47)/t23?,24?,25?,27-,29?,30?,31?/m0/s1. The number of nitrogens with two attached hydrogens (primary N) is 1. The maximum atomic E-state index is 13.4. The van der Waals surface area contributed by atoms with Crippen molar-refractivity contribution in [3.63, 3.8) is 0 Å². The van der Waals surface area contributed by atoms with Crippen molar-refractivity contribution < 1.29 is 48.1 Å². The smallest absolute Gasteiger partial charge is 0.00468 e. The van der Waals surface area contributed by atoms with Gasteiger partial charge in [-0.25, -0.2) is 4.79 Å². The monoisotopic (exact) mass is 729 g/mol. The van der Waals surface area contributed by atoms with Crippen molar-refractivity contribution in [2.24, 2.45) is 5.73 Å². The van der Waals surface area contributed by atoms with Crippen LogP contribution in [0.4, 0.5) is 0 Å². The molecule has 13 nitrogen and oxygen atoms in total. The minimum absolute atomic E-state index is 0.00264. The Morgan fingerprint density at radius 1 is 0.698 bits per heavy atom. The first-order valence-electron chi connectivity index (χ1n) is 18.2. The van der Waals surface area contributed by atoms with Crippen molar-refractivity contribution in [3.8, 4) is 0 Å². The molecule has 0 bridgehead atoms. The molecule has 16 heteroatoms. The maximum absolute atomic E-state index is 13.4. The van der Waals surface area contributed by atoms with E-state index in [9.17, 15) is 28.8 Å². The van der Waals surface area contributed by atoms with E-state index >= 15 is 0 Å². The number of hydrogen-bond donors (Lipinski definition) is 4. The Balaban J connectivity index is 1.61. The predicted molar refractivity (Wildman–Crippen MR) is 201 cm³/mol. The van der Waals surface area contributed by atoms with E-state index in [1.54, 1.807) is 0 Å². The first-order valence-corrected chi connectivity index (χ1v) is 18.2. The first-order chi connectivity index (χ1) is 25.0. The molecule has 3 rings (SSSR count). The van der Waals surface area contributed by atoms with Crippen LogP contribution in [-0.4, -0.2) is 111 Å². The van der Waals surface area contributed by atoms with Gasteiger partial charge in [0.05, 0.1) is 7.85 Å². The van der Waals surface area contributed by atoms with Crippen LogP contribution >= 0.6 is 0 Å². The Kier molecular flexibility index (Phi) is 17.2. The van der Waals surface area contributed by atoms with E-state index in [2.05, 4.69) is 30.4 Å². The van der Waals surface area contributed by atoms with Gasteiger partial charge in [-0.3, -0.25) is 4.79 Å². The topological polar surface area (TPSA) is 200 Å². The van der Waals surface area contributed by atoms with Gasteiger partial charge in [0.2, 0.25) is 0 Å². The van der Waals surface area contributed by atoms with Crippen LogP contribution in [-0.2, 0) is 43.0 Å². The molecule has 0 aromatic heterocycles. The minimum atomic E-state index is -1.27. The third kappa shape index (κ3) is 14.7. The molecule has 3 aliphatic rings. The van der Waals surface area contributed by atoms with Crippen molar-refractivity contribution in [1.82, 2.24) is 10.6 Å². The molecule has 3 aliphatic carbocycles.